The van der Waals surface area contributed by atoms with Crippen molar-refractivity contribution in [3.63, 3.8) is 0 Å². The predicted molar refractivity (Wildman–Crippen MR) is 60.8 cm³/mol. The van der Waals surface area contributed by atoms with Gasteiger partial charge in [0.1, 0.15) is 0 Å². The van der Waals surface area contributed by atoms with Crippen LogP contribution in [0.2, 0.25) is 0 Å². The van der Waals surface area contributed by atoms with Crippen LogP contribution in [0.1, 0.15) is 24.5 Å². The highest BCUT2D eigenvalue weighted by atomic mass is 16.1. The molecule has 0 bridgehead atoms. The molecule has 1 amide bonds. The van der Waals surface area contributed by atoms with Crippen LogP contribution in [0.15, 0.2) is 18.2 Å². The Morgan fingerprint density at radius 2 is 2.40 bits per heavy atom. The first-order valence-corrected chi connectivity index (χ1v) is 5.36. The summed E-state index contributed by atoms with van der Waals surface area (Å²) in [5.74, 6) is 0.0170. The van der Waals surface area contributed by atoms with E-state index in [-0.39, 0.29) is 5.91 Å². The van der Waals surface area contributed by atoms with Crippen molar-refractivity contribution in [3.8, 4) is 0 Å². The van der Waals surface area contributed by atoms with Gasteiger partial charge in [-0.15, -0.1) is 0 Å². The van der Waals surface area contributed by atoms with Gasteiger partial charge < -0.3 is 10.6 Å². The summed E-state index contributed by atoms with van der Waals surface area (Å²) in [4.78, 5) is 10.9. The van der Waals surface area contributed by atoms with Crippen molar-refractivity contribution in [1.29, 1.82) is 0 Å². The number of amides is 1. The van der Waals surface area contributed by atoms with Gasteiger partial charge in [-0.05, 0) is 24.0 Å². The average molecular weight is 204 g/mol. The molecule has 0 spiro atoms. The normalized spacial score (nSPS) is 13.9. The lowest BCUT2D eigenvalue weighted by atomic mass is 9.99. The summed E-state index contributed by atoms with van der Waals surface area (Å²) in [6.07, 6.45) is 2.33. The van der Waals surface area contributed by atoms with Crippen LogP contribution in [0, 0.1) is 0 Å². The van der Waals surface area contributed by atoms with E-state index >= 15 is 0 Å². The van der Waals surface area contributed by atoms with Crippen LogP contribution in [0.5, 0.6) is 0 Å². The maximum absolute atomic E-state index is 10.9. The van der Waals surface area contributed by atoms with E-state index in [9.17, 15) is 4.79 Å². The standard InChI is InChI=1S/C12H16N2O/c1-9(15)14-8-11-5-2-4-10-6-3-7-13-12(10)11/h2,4-5,13H,3,6-8H2,1H3,(H,14,15). The van der Waals surface area contributed by atoms with E-state index in [1.165, 1.54) is 23.2 Å². The fourth-order valence-corrected chi connectivity index (χ4v) is 1.95. The second-order valence-electron chi connectivity index (χ2n) is 3.89. The topological polar surface area (TPSA) is 41.1 Å². The van der Waals surface area contributed by atoms with Crippen molar-refractivity contribution in [1.82, 2.24) is 5.32 Å². The number of carbonyl (C=O) groups is 1. The van der Waals surface area contributed by atoms with Gasteiger partial charge in [-0.3, -0.25) is 4.79 Å². The molecule has 1 aliphatic heterocycles. The minimum Gasteiger partial charge on any atom is -0.385 e. The third kappa shape index (κ3) is 2.29. The molecule has 0 unspecified atom stereocenters. The first kappa shape index (κ1) is 10.0. The second kappa shape index (κ2) is 4.34. The van der Waals surface area contributed by atoms with Crippen molar-refractivity contribution in [2.45, 2.75) is 26.3 Å². The fourth-order valence-electron chi connectivity index (χ4n) is 1.95. The molecule has 1 aliphatic rings. The lowest BCUT2D eigenvalue weighted by Gasteiger charge is -2.21. The molecular formula is C12H16N2O. The maximum Gasteiger partial charge on any atom is 0.217 e. The number of rotatable bonds is 2. The van der Waals surface area contributed by atoms with Crippen LogP contribution in [0.25, 0.3) is 0 Å². The lowest BCUT2D eigenvalue weighted by molar-refractivity contribution is -0.119. The number of nitrogens with one attached hydrogen (secondary N) is 2. The van der Waals surface area contributed by atoms with Gasteiger partial charge in [0.25, 0.3) is 0 Å². The van der Waals surface area contributed by atoms with Gasteiger partial charge in [-0.25, -0.2) is 0 Å². The fraction of sp³-hybridized carbons (Fsp3) is 0.417. The van der Waals surface area contributed by atoms with Crippen LogP contribution >= 0.6 is 0 Å². The molecule has 0 atom stereocenters. The summed E-state index contributed by atoms with van der Waals surface area (Å²) in [5.41, 5.74) is 3.77. The van der Waals surface area contributed by atoms with Gasteiger partial charge >= 0.3 is 0 Å². The molecule has 0 saturated heterocycles. The number of para-hydroxylation sites is 1. The molecule has 0 aliphatic carbocycles. The number of aryl methyl sites for hydroxylation is 1. The highest BCUT2D eigenvalue weighted by Gasteiger charge is 2.11. The second-order valence-corrected chi connectivity index (χ2v) is 3.89. The summed E-state index contributed by atoms with van der Waals surface area (Å²) in [5, 5.41) is 6.24. The molecule has 1 aromatic rings. The van der Waals surface area contributed by atoms with Crippen LogP contribution < -0.4 is 10.6 Å². The molecule has 1 heterocycles. The van der Waals surface area contributed by atoms with Crippen LogP contribution in [-0.2, 0) is 17.8 Å². The summed E-state index contributed by atoms with van der Waals surface area (Å²) in [7, 11) is 0. The van der Waals surface area contributed by atoms with Gasteiger partial charge in [-0.1, -0.05) is 18.2 Å². The van der Waals surface area contributed by atoms with Crippen LogP contribution in [0.4, 0.5) is 5.69 Å². The molecule has 3 nitrogen and oxygen atoms in total. The van der Waals surface area contributed by atoms with E-state index in [4.69, 9.17) is 0 Å². The lowest BCUT2D eigenvalue weighted by Crippen LogP contribution is -2.21. The third-order valence-electron chi connectivity index (χ3n) is 2.69. The molecule has 0 saturated carbocycles. The van der Waals surface area contributed by atoms with E-state index in [1.54, 1.807) is 6.92 Å². The molecule has 0 aromatic heterocycles. The Kier molecular flexibility index (Phi) is 2.90. The van der Waals surface area contributed by atoms with Crippen molar-refractivity contribution < 1.29 is 4.79 Å². The monoisotopic (exact) mass is 204 g/mol. The van der Waals surface area contributed by atoms with Gasteiger partial charge in [0.2, 0.25) is 5.91 Å². The van der Waals surface area contributed by atoms with E-state index in [2.05, 4.69) is 28.8 Å². The van der Waals surface area contributed by atoms with E-state index in [0.29, 0.717) is 6.54 Å². The summed E-state index contributed by atoms with van der Waals surface area (Å²) < 4.78 is 0. The molecule has 80 valence electrons. The maximum atomic E-state index is 10.9. The van der Waals surface area contributed by atoms with Crippen LogP contribution in [0.3, 0.4) is 0 Å². The van der Waals surface area contributed by atoms with Gasteiger partial charge in [0.05, 0.1) is 0 Å². The SMILES string of the molecule is CC(=O)NCc1cccc2c1NCCC2. The molecular weight excluding hydrogens is 188 g/mol. The largest absolute Gasteiger partial charge is 0.385 e. The van der Waals surface area contributed by atoms with Crippen LogP contribution in [-0.4, -0.2) is 12.5 Å². The molecule has 1 aromatic carbocycles. The van der Waals surface area contributed by atoms with Crippen molar-refractivity contribution in [3.05, 3.63) is 29.3 Å². The Labute approximate surface area is 89.9 Å². The molecule has 2 N–H and O–H groups in total. The predicted octanol–water partition coefficient (Wildman–Crippen LogP) is 1.68. The Hall–Kier alpha value is -1.51. The Balaban J connectivity index is 2.19. The number of carbonyl (C=O) groups excluding carboxylic acids is 1. The van der Waals surface area contributed by atoms with Crippen molar-refractivity contribution >= 4 is 11.6 Å². The Bertz CT molecular complexity index is 374. The highest BCUT2D eigenvalue weighted by Crippen LogP contribution is 2.25. The average Bonchev–Trinajstić information content (AvgIpc) is 2.26. The molecule has 0 radical (unpaired) electrons. The zero-order valence-corrected chi connectivity index (χ0v) is 8.97. The number of anilines is 1. The number of fused-ring (bicyclic) bond motifs is 1. The van der Waals surface area contributed by atoms with Gasteiger partial charge in [0.15, 0.2) is 0 Å². The number of benzene rings is 1. The first-order chi connectivity index (χ1) is 7.27. The molecule has 15 heavy (non-hydrogen) atoms. The van der Waals surface area contributed by atoms with E-state index < -0.39 is 0 Å². The summed E-state index contributed by atoms with van der Waals surface area (Å²) in [6.45, 7) is 3.19. The highest BCUT2D eigenvalue weighted by molar-refractivity contribution is 5.73. The first-order valence-electron chi connectivity index (χ1n) is 5.36. The quantitative estimate of drug-likeness (QED) is 0.769. The third-order valence-corrected chi connectivity index (χ3v) is 2.69. The smallest absolute Gasteiger partial charge is 0.217 e. The Morgan fingerprint density at radius 3 is 3.20 bits per heavy atom. The minimum atomic E-state index is 0.0170. The zero-order valence-electron chi connectivity index (χ0n) is 8.97. The minimum absolute atomic E-state index is 0.0170. The van der Waals surface area contributed by atoms with Crippen molar-refractivity contribution in [2.24, 2.45) is 0 Å². The zero-order chi connectivity index (χ0) is 10.7. The summed E-state index contributed by atoms with van der Waals surface area (Å²) >= 11 is 0. The molecule has 0 fully saturated rings. The number of hydrogen-bond donors (Lipinski definition) is 2. The Morgan fingerprint density at radius 1 is 1.53 bits per heavy atom. The van der Waals surface area contributed by atoms with E-state index in [1.807, 2.05) is 0 Å². The number of hydrogen-bond acceptors (Lipinski definition) is 2. The summed E-state index contributed by atoms with van der Waals surface area (Å²) in [6, 6.07) is 6.27. The van der Waals surface area contributed by atoms with Crippen molar-refractivity contribution in [2.75, 3.05) is 11.9 Å². The molecule has 2 rings (SSSR count). The molecule has 3 heteroatoms. The van der Waals surface area contributed by atoms with Gasteiger partial charge in [-0.2, -0.15) is 0 Å². The van der Waals surface area contributed by atoms with Gasteiger partial charge in [0, 0.05) is 25.7 Å². The van der Waals surface area contributed by atoms with E-state index in [0.717, 1.165) is 13.0 Å².